The van der Waals surface area contributed by atoms with Crippen molar-refractivity contribution in [1.82, 2.24) is 0 Å². The first-order valence-electron chi connectivity index (χ1n) is 8.84. The van der Waals surface area contributed by atoms with Gasteiger partial charge in [0.25, 0.3) is 0 Å². The lowest BCUT2D eigenvalue weighted by molar-refractivity contribution is 0.116. The topological polar surface area (TPSA) is 40.2 Å². The summed E-state index contributed by atoms with van der Waals surface area (Å²) >= 11 is 0. The van der Waals surface area contributed by atoms with Crippen molar-refractivity contribution in [3.8, 4) is 0 Å². The number of epoxide rings is 1. The highest BCUT2D eigenvalue weighted by Gasteiger charge is 2.48. The second kappa shape index (κ2) is 7.94. The zero-order valence-corrected chi connectivity index (χ0v) is 20.7. The van der Waals surface area contributed by atoms with Gasteiger partial charge in [0.1, 0.15) is 6.10 Å². The summed E-state index contributed by atoms with van der Waals surface area (Å²) < 4.78 is 24.2. The first kappa shape index (κ1) is 21.7. The Hall–Kier alpha value is 0.708. The first-order chi connectivity index (χ1) is 10.2. The van der Waals surface area contributed by atoms with Gasteiger partial charge in [-0.3, -0.25) is 0 Å². The molecular weight excluding hydrogens is 357 g/mol. The minimum Gasteiger partial charge on any atom is -0.439 e. The van der Waals surface area contributed by atoms with Crippen molar-refractivity contribution in [1.29, 1.82) is 0 Å². The van der Waals surface area contributed by atoms with Gasteiger partial charge in [0, 0.05) is 6.61 Å². The minimum absolute atomic E-state index is 0.364. The van der Waals surface area contributed by atoms with E-state index in [2.05, 4.69) is 58.9 Å². The molecule has 0 N–H and O–H groups in total. The second-order valence-electron chi connectivity index (χ2n) is 9.33. The lowest BCUT2D eigenvalue weighted by Crippen LogP contribution is -2.63. The van der Waals surface area contributed by atoms with Crippen LogP contribution >= 0.6 is 0 Å². The molecule has 8 heteroatoms. The molecular formula is C15H38O4Si4. The van der Waals surface area contributed by atoms with Crippen LogP contribution in [0.1, 0.15) is 6.42 Å². The number of ether oxygens (including phenoxy) is 2. The van der Waals surface area contributed by atoms with Gasteiger partial charge in [0.15, 0.2) is 16.2 Å². The van der Waals surface area contributed by atoms with Crippen LogP contribution in [0.5, 0.6) is 0 Å². The van der Waals surface area contributed by atoms with Crippen molar-refractivity contribution < 1.29 is 17.7 Å². The fourth-order valence-corrected chi connectivity index (χ4v) is 24.5. The molecule has 0 spiro atoms. The third-order valence-corrected chi connectivity index (χ3v) is 28.1. The van der Waals surface area contributed by atoms with Crippen LogP contribution in [0.15, 0.2) is 0 Å². The van der Waals surface area contributed by atoms with Crippen molar-refractivity contribution in [3.05, 3.63) is 0 Å². The van der Waals surface area contributed by atoms with E-state index in [1.807, 2.05) is 0 Å². The third-order valence-electron chi connectivity index (χ3n) is 4.26. The van der Waals surface area contributed by atoms with Crippen LogP contribution in [0, 0.1) is 0 Å². The fraction of sp³-hybridized carbons (Fsp3) is 1.00. The zero-order chi connectivity index (χ0) is 17.9. The predicted octanol–water partition coefficient (Wildman–Crippen LogP) is 4.35. The van der Waals surface area contributed by atoms with Crippen LogP contribution < -0.4 is 0 Å². The maximum absolute atomic E-state index is 6.88. The molecule has 1 rings (SSSR count). The van der Waals surface area contributed by atoms with Gasteiger partial charge in [-0.15, -0.1) is 0 Å². The van der Waals surface area contributed by atoms with Gasteiger partial charge < -0.3 is 17.7 Å². The van der Waals surface area contributed by atoms with Gasteiger partial charge in [-0.25, -0.2) is 0 Å². The molecule has 0 aromatic heterocycles. The Bertz CT molecular complexity index is 375. The Morgan fingerprint density at radius 2 is 1.48 bits per heavy atom. The smallest absolute Gasteiger partial charge is 0.311 e. The van der Waals surface area contributed by atoms with Gasteiger partial charge in [-0.2, -0.15) is 0 Å². The highest BCUT2D eigenvalue weighted by molar-refractivity contribution is 7.39. The summed E-state index contributed by atoms with van der Waals surface area (Å²) in [4.78, 5) is 0. The first-order valence-corrected chi connectivity index (χ1v) is 22.2. The molecule has 2 atom stereocenters. The van der Waals surface area contributed by atoms with Crippen LogP contribution in [0.25, 0.3) is 0 Å². The van der Waals surface area contributed by atoms with E-state index in [1.165, 1.54) is 6.04 Å². The Balaban J connectivity index is 2.57. The van der Waals surface area contributed by atoms with Gasteiger partial charge in [0.2, 0.25) is 0 Å². The summed E-state index contributed by atoms with van der Waals surface area (Å²) in [6, 6.07) is 1.18. The number of rotatable bonds is 11. The Morgan fingerprint density at radius 3 is 1.91 bits per heavy atom. The maximum Gasteiger partial charge on any atom is 0.311 e. The molecule has 138 valence electrons. The largest absolute Gasteiger partial charge is 0.439 e. The van der Waals surface area contributed by atoms with Crippen molar-refractivity contribution in [2.24, 2.45) is 0 Å². The summed E-state index contributed by atoms with van der Waals surface area (Å²) in [5, 5.41) is 0. The summed E-state index contributed by atoms with van der Waals surface area (Å²) in [5.74, 6) is 0. The van der Waals surface area contributed by atoms with E-state index in [4.69, 9.17) is 17.7 Å². The maximum atomic E-state index is 6.88. The van der Waals surface area contributed by atoms with Crippen molar-refractivity contribution in [3.63, 3.8) is 0 Å². The number of hydrogen-bond donors (Lipinski definition) is 0. The van der Waals surface area contributed by atoms with Crippen molar-refractivity contribution in [2.45, 2.75) is 77.5 Å². The lowest BCUT2D eigenvalue weighted by atomic mass is 10.5. The zero-order valence-electron chi connectivity index (χ0n) is 16.7. The van der Waals surface area contributed by atoms with Crippen LogP contribution in [-0.2, 0) is 17.7 Å². The Kier molecular flexibility index (Phi) is 7.51. The van der Waals surface area contributed by atoms with Gasteiger partial charge in [0.05, 0.1) is 20.8 Å². The molecule has 0 aromatic carbocycles. The molecule has 0 aromatic rings. The molecule has 1 aliphatic rings. The van der Waals surface area contributed by atoms with E-state index in [9.17, 15) is 0 Å². The van der Waals surface area contributed by atoms with E-state index in [0.29, 0.717) is 6.10 Å². The molecule has 0 aliphatic carbocycles. The summed E-state index contributed by atoms with van der Waals surface area (Å²) in [7, 11) is -6.75. The highest BCUT2D eigenvalue weighted by Crippen LogP contribution is 2.31. The van der Waals surface area contributed by atoms with Gasteiger partial charge in [-0.1, -0.05) is 19.6 Å². The van der Waals surface area contributed by atoms with Crippen LogP contribution in [0.4, 0.5) is 0 Å². The molecule has 1 fully saturated rings. The SMILES string of the molecule is C[Si](C)(C)O[Si](C)(C)O[Si](C)(CCCOCC1CO1)[Si](C)(C)C. The normalized spacial score (nSPS) is 22.0. The molecule has 0 amide bonds. The van der Waals surface area contributed by atoms with Crippen LogP contribution in [0.2, 0.25) is 65.0 Å². The summed E-state index contributed by atoms with van der Waals surface area (Å²) in [6.45, 7) is 23.5. The average Bonchev–Trinajstić information content (AvgIpc) is 3.06. The third kappa shape index (κ3) is 8.57. The van der Waals surface area contributed by atoms with E-state index < -0.39 is 32.3 Å². The monoisotopic (exact) mass is 394 g/mol. The molecule has 23 heavy (non-hydrogen) atoms. The molecule has 0 radical (unpaired) electrons. The van der Waals surface area contributed by atoms with Gasteiger partial charge in [-0.05, 0) is 51.7 Å². The molecule has 0 saturated carbocycles. The molecule has 2 unspecified atom stereocenters. The van der Waals surface area contributed by atoms with Crippen molar-refractivity contribution >= 4 is 32.3 Å². The van der Waals surface area contributed by atoms with E-state index in [-0.39, 0.29) is 0 Å². The van der Waals surface area contributed by atoms with E-state index >= 15 is 0 Å². The van der Waals surface area contributed by atoms with Crippen LogP contribution in [0.3, 0.4) is 0 Å². The summed E-state index contributed by atoms with van der Waals surface area (Å²) in [6.07, 6.45) is 1.46. The van der Waals surface area contributed by atoms with E-state index in [1.54, 1.807) is 0 Å². The minimum atomic E-state index is -2.06. The molecule has 1 aliphatic heterocycles. The molecule has 0 bridgehead atoms. The second-order valence-corrected chi connectivity index (χ2v) is 33.1. The molecule has 1 saturated heterocycles. The average molecular weight is 395 g/mol. The standard InChI is InChI=1S/C15H38O4Si4/c1-20(2,3)18-22(7,8)19-23(9,21(4,5)6)12-10-11-16-13-15-14-17-15/h15H,10-14H2,1-9H3. The fourth-order valence-electron chi connectivity index (χ4n) is 2.77. The van der Waals surface area contributed by atoms with Crippen molar-refractivity contribution in [2.75, 3.05) is 19.8 Å². The van der Waals surface area contributed by atoms with Gasteiger partial charge >= 0.3 is 8.56 Å². The quantitative estimate of drug-likeness (QED) is 0.297. The highest BCUT2D eigenvalue weighted by atomic mass is 29.3. The molecule has 1 heterocycles. The predicted molar refractivity (Wildman–Crippen MR) is 108 cm³/mol. The summed E-state index contributed by atoms with van der Waals surface area (Å²) in [5.41, 5.74) is 0. The molecule has 4 nitrogen and oxygen atoms in total. The number of hydrogen-bond acceptors (Lipinski definition) is 4. The van der Waals surface area contributed by atoms with E-state index in [0.717, 1.165) is 26.2 Å². The lowest BCUT2D eigenvalue weighted by Gasteiger charge is -2.45. The Morgan fingerprint density at radius 1 is 0.913 bits per heavy atom. The Labute approximate surface area is 147 Å². The van der Waals surface area contributed by atoms with Crippen LogP contribution in [-0.4, -0.2) is 58.2 Å².